The van der Waals surface area contributed by atoms with Crippen LogP contribution in [-0.4, -0.2) is 40.4 Å². The average molecular weight is 449 g/mol. The molecule has 9 nitrogen and oxygen atoms in total. The fraction of sp³-hybridized carbons (Fsp3) is 0.250. The minimum Gasteiger partial charge on any atom is -0.481 e. The quantitative estimate of drug-likeness (QED) is 0.496. The lowest BCUT2D eigenvalue weighted by Crippen LogP contribution is -2.45. The van der Waals surface area contributed by atoms with Gasteiger partial charge >= 0.3 is 12.1 Å². The van der Waals surface area contributed by atoms with E-state index in [2.05, 4.69) is 15.8 Å². The van der Waals surface area contributed by atoms with Crippen LogP contribution >= 0.6 is 0 Å². The van der Waals surface area contributed by atoms with E-state index in [1.807, 2.05) is 48.5 Å². The summed E-state index contributed by atoms with van der Waals surface area (Å²) in [5.41, 5.74) is 3.35. The number of nitrogens with zero attached hydrogens (tertiary/aromatic N) is 1. The number of ether oxygens (including phenoxy) is 1. The number of carbonyl (C=O) groups is 3. The van der Waals surface area contributed by atoms with Crippen LogP contribution in [0.4, 0.5) is 10.7 Å². The zero-order chi connectivity index (χ0) is 23.6. The molecule has 0 spiro atoms. The van der Waals surface area contributed by atoms with Crippen molar-refractivity contribution in [1.82, 2.24) is 10.5 Å². The van der Waals surface area contributed by atoms with Crippen molar-refractivity contribution in [2.75, 3.05) is 11.9 Å². The number of aliphatic carboxylic acids is 1. The van der Waals surface area contributed by atoms with Crippen molar-refractivity contribution < 1.29 is 28.8 Å². The maximum absolute atomic E-state index is 12.3. The number of fused-ring (bicyclic) bond motifs is 3. The number of rotatable bonds is 7. The number of aromatic nitrogens is 1. The Bertz CT molecular complexity index is 1170. The molecule has 1 heterocycles. The number of carboxylic acids is 1. The maximum atomic E-state index is 12.3. The Morgan fingerprint density at radius 2 is 1.67 bits per heavy atom. The van der Waals surface area contributed by atoms with Crippen molar-refractivity contribution >= 4 is 23.9 Å². The molecule has 1 aliphatic rings. The smallest absolute Gasteiger partial charge is 0.414 e. The molecular formula is C24H23N3O6. The molecule has 0 saturated carbocycles. The predicted molar refractivity (Wildman–Crippen MR) is 119 cm³/mol. The fourth-order valence-corrected chi connectivity index (χ4v) is 3.97. The SMILES string of the molecule is CC(C)(CC(=O)O)NC(=O)c1cc(NC(=O)OCC2c3ccccc3-c3ccccc32)on1. The molecule has 3 N–H and O–H groups in total. The van der Waals surface area contributed by atoms with Gasteiger partial charge in [0.1, 0.15) is 6.61 Å². The molecule has 2 amide bonds. The van der Waals surface area contributed by atoms with E-state index in [9.17, 15) is 14.4 Å². The summed E-state index contributed by atoms with van der Waals surface area (Å²) >= 11 is 0. The molecule has 1 aliphatic carbocycles. The molecule has 2 aromatic carbocycles. The zero-order valence-electron chi connectivity index (χ0n) is 18.1. The Hall–Kier alpha value is -4.14. The van der Waals surface area contributed by atoms with Crippen LogP contribution in [0.25, 0.3) is 11.1 Å². The minimum absolute atomic E-state index is 0.0617. The summed E-state index contributed by atoms with van der Waals surface area (Å²) < 4.78 is 10.4. The van der Waals surface area contributed by atoms with Crippen molar-refractivity contribution in [1.29, 1.82) is 0 Å². The molecule has 3 aromatic rings. The van der Waals surface area contributed by atoms with E-state index < -0.39 is 23.5 Å². The van der Waals surface area contributed by atoms with Gasteiger partial charge in [0.15, 0.2) is 5.69 Å². The van der Waals surface area contributed by atoms with Crippen molar-refractivity contribution in [2.45, 2.75) is 31.7 Å². The Kier molecular flexibility index (Phi) is 5.87. The summed E-state index contributed by atoms with van der Waals surface area (Å²) in [6, 6.07) is 17.3. The number of benzene rings is 2. The highest BCUT2D eigenvalue weighted by atomic mass is 16.6. The average Bonchev–Trinajstić information content (AvgIpc) is 3.34. The van der Waals surface area contributed by atoms with Gasteiger partial charge in [-0.25, -0.2) is 4.79 Å². The fourth-order valence-electron chi connectivity index (χ4n) is 3.97. The Morgan fingerprint density at radius 1 is 1.06 bits per heavy atom. The van der Waals surface area contributed by atoms with Gasteiger partial charge in [-0.1, -0.05) is 53.7 Å². The third-order valence-corrected chi connectivity index (χ3v) is 5.36. The van der Waals surface area contributed by atoms with Crippen LogP contribution < -0.4 is 10.6 Å². The molecule has 0 aliphatic heterocycles. The highest BCUT2D eigenvalue weighted by Crippen LogP contribution is 2.44. The van der Waals surface area contributed by atoms with E-state index in [0.717, 1.165) is 22.3 Å². The number of amides is 2. The molecular weight excluding hydrogens is 426 g/mol. The van der Waals surface area contributed by atoms with Gasteiger partial charge in [-0.3, -0.25) is 14.9 Å². The lowest BCUT2D eigenvalue weighted by molar-refractivity contribution is -0.138. The number of carboxylic acid groups (broad SMARTS) is 1. The van der Waals surface area contributed by atoms with E-state index in [-0.39, 0.29) is 30.5 Å². The molecule has 0 saturated heterocycles. The second kappa shape index (κ2) is 8.78. The van der Waals surface area contributed by atoms with Gasteiger partial charge in [-0.2, -0.15) is 0 Å². The summed E-state index contributed by atoms with van der Waals surface area (Å²) in [5.74, 6) is -1.81. The van der Waals surface area contributed by atoms with Crippen molar-refractivity contribution in [3.63, 3.8) is 0 Å². The Balaban J connectivity index is 1.36. The molecule has 1 aromatic heterocycles. The molecule has 9 heteroatoms. The topological polar surface area (TPSA) is 131 Å². The van der Waals surface area contributed by atoms with Gasteiger partial charge in [0, 0.05) is 17.5 Å². The van der Waals surface area contributed by atoms with Gasteiger partial charge in [0.2, 0.25) is 5.88 Å². The first-order chi connectivity index (χ1) is 15.7. The zero-order valence-corrected chi connectivity index (χ0v) is 18.1. The lowest BCUT2D eigenvalue weighted by atomic mass is 9.98. The van der Waals surface area contributed by atoms with Gasteiger partial charge in [0.25, 0.3) is 5.91 Å². The number of hydrogen-bond acceptors (Lipinski definition) is 6. The highest BCUT2D eigenvalue weighted by Gasteiger charge is 2.29. The van der Waals surface area contributed by atoms with Crippen molar-refractivity contribution in [2.24, 2.45) is 0 Å². The lowest BCUT2D eigenvalue weighted by Gasteiger charge is -2.23. The van der Waals surface area contributed by atoms with Gasteiger partial charge in [-0.15, -0.1) is 0 Å². The third-order valence-electron chi connectivity index (χ3n) is 5.36. The standard InChI is InChI=1S/C24H23N3O6/c1-24(2,12-21(28)29)26-22(30)19-11-20(33-27-19)25-23(31)32-13-18-16-9-5-3-7-14(16)15-8-4-6-10-17(15)18/h3-11,18H,12-13H2,1-2H3,(H,25,31)(H,26,30)(H,28,29). The van der Waals surface area contributed by atoms with Crippen LogP contribution in [0.1, 0.15) is 47.8 Å². The van der Waals surface area contributed by atoms with E-state index in [0.29, 0.717) is 0 Å². The normalized spacial score (nSPS) is 12.5. The molecule has 0 radical (unpaired) electrons. The van der Waals surface area contributed by atoms with Crippen molar-refractivity contribution in [3.05, 3.63) is 71.4 Å². The molecule has 4 rings (SSSR count). The Labute approximate surface area is 189 Å². The molecule has 170 valence electrons. The highest BCUT2D eigenvalue weighted by molar-refractivity contribution is 5.94. The first-order valence-electron chi connectivity index (χ1n) is 10.4. The van der Waals surface area contributed by atoms with Crippen LogP contribution in [0, 0.1) is 0 Å². The molecule has 0 fully saturated rings. The van der Waals surface area contributed by atoms with E-state index in [4.69, 9.17) is 14.4 Å². The minimum atomic E-state index is -1.04. The first kappa shape index (κ1) is 22.1. The molecule has 0 atom stereocenters. The summed E-state index contributed by atoms with van der Waals surface area (Å²) in [4.78, 5) is 35.5. The van der Waals surface area contributed by atoms with Crippen LogP contribution in [0.2, 0.25) is 0 Å². The second-order valence-electron chi connectivity index (χ2n) is 8.44. The summed E-state index contributed by atoms with van der Waals surface area (Å²) in [7, 11) is 0. The number of anilines is 1. The molecule has 33 heavy (non-hydrogen) atoms. The van der Waals surface area contributed by atoms with Crippen molar-refractivity contribution in [3.8, 4) is 11.1 Å². The first-order valence-corrected chi connectivity index (χ1v) is 10.4. The van der Waals surface area contributed by atoms with Crippen LogP contribution in [0.3, 0.4) is 0 Å². The van der Waals surface area contributed by atoms with Crippen LogP contribution in [0.5, 0.6) is 0 Å². The maximum Gasteiger partial charge on any atom is 0.414 e. The van der Waals surface area contributed by atoms with E-state index >= 15 is 0 Å². The van der Waals surface area contributed by atoms with Gasteiger partial charge in [-0.05, 0) is 36.1 Å². The molecule has 0 unspecified atom stereocenters. The van der Waals surface area contributed by atoms with Crippen LogP contribution in [-0.2, 0) is 9.53 Å². The number of carbonyl (C=O) groups excluding carboxylic acids is 2. The van der Waals surface area contributed by atoms with Gasteiger partial charge < -0.3 is 19.7 Å². The summed E-state index contributed by atoms with van der Waals surface area (Å²) in [6.45, 7) is 3.29. The monoisotopic (exact) mass is 449 g/mol. The summed E-state index contributed by atoms with van der Waals surface area (Å²) in [5, 5.41) is 17.5. The number of nitrogens with one attached hydrogen (secondary N) is 2. The number of hydrogen-bond donors (Lipinski definition) is 3. The predicted octanol–water partition coefficient (Wildman–Crippen LogP) is 4.02. The summed E-state index contributed by atoms with van der Waals surface area (Å²) in [6.07, 6.45) is -1.01. The third kappa shape index (κ3) is 4.87. The van der Waals surface area contributed by atoms with Gasteiger partial charge in [0.05, 0.1) is 6.42 Å². The second-order valence-corrected chi connectivity index (χ2v) is 8.44. The largest absolute Gasteiger partial charge is 0.481 e. The Morgan fingerprint density at radius 3 is 2.27 bits per heavy atom. The molecule has 0 bridgehead atoms. The van der Waals surface area contributed by atoms with E-state index in [1.54, 1.807) is 13.8 Å². The van der Waals surface area contributed by atoms with E-state index in [1.165, 1.54) is 6.07 Å². The van der Waals surface area contributed by atoms with Crippen LogP contribution in [0.15, 0.2) is 59.1 Å².